The minimum atomic E-state index is -0.490. The molecule has 1 amide bonds. The van der Waals surface area contributed by atoms with Crippen LogP contribution < -0.4 is 4.90 Å². The van der Waals surface area contributed by atoms with Crippen LogP contribution >= 0.6 is 45.8 Å². The summed E-state index contributed by atoms with van der Waals surface area (Å²) in [6, 6.07) is 5.43. The lowest BCUT2D eigenvalue weighted by atomic mass is 10.1. The Balaban J connectivity index is 2.24. The molecule has 7 heteroatoms. The van der Waals surface area contributed by atoms with Gasteiger partial charge in [0.15, 0.2) is 0 Å². The van der Waals surface area contributed by atoms with E-state index in [1.54, 1.807) is 12.1 Å². The number of benzene rings is 1. The molecule has 4 nitrogen and oxygen atoms in total. The second-order valence-corrected chi connectivity index (χ2v) is 6.36. The molecule has 108 valence electrons. The maximum Gasteiger partial charge on any atom is 0.300 e. The van der Waals surface area contributed by atoms with Crippen LogP contribution in [-0.2, 0) is 4.79 Å². The highest BCUT2D eigenvalue weighted by molar-refractivity contribution is 14.1. The first-order chi connectivity index (χ1) is 9.58. The van der Waals surface area contributed by atoms with Gasteiger partial charge in [0, 0.05) is 28.4 Å². The van der Waals surface area contributed by atoms with Gasteiger partial charge in [0.25, 0.3) is 5.78 Å². The number of hydrogen-bond acceptors (Lipinski definition) is 3. The Kier molecular flexibility index (Phi) is 5.65. The fourth-order valence-corrected chi connectivity index (χ4v) is 3.07. The molecule has 0 N–H and O–H groups in total. The van der Waals surface area contributed by atoms with Crippen LogP contribution in [0.25, 0.3) is 0 Å². The van der Waals surface area contributed by atoms with Crippen LogP contribution in [0.4, 0.5) is 5.69 Å². The predicted octanol–water partition coefficient (Wildman–Crippen LogP) is 2.56. The maximum absolute atomic E-state index is 12.1. The van der Waals surface area contributed by atoms with Crippen LogP contribution in [0, 0.1) is 3.57 Å². The van der Waals surface area contributed by atoms with Crippen molar-refractivity contribution in [1.29, 1.82) is 0 Å². The molecule has 0 aliphatic carbocycles. The summed E-state index contributed by atoms with van der Waals surface area (Å²) in [7, 11) is 0. The molecular formula is C13H13Cl2IN2O2. The molecule has 1 aliphatic rings. The van der Waals surface area contributed by atoms with Crippen molar-refractivity contribution in [2.75, 3.05) is 36.4 Å². The van der Waals surface area contributed by atoms with Crippen molar-refractivity contribution < 1.29 is 9.59 Å². The number of halogens is 3. The minimum absolute atomic E-state index is 0.331. The normalized spacial score (nSPS) is 14.3. The van der Waals surface area contributed by atoms with Gasteiger partial charge in [-0.05, 0) is 40.8 Å². The third kappa shape index (κ3) is 3.27. The Morgan fingerprint density at radius 3 is 2.40 bits per heavy atom. The Morgan fingerprint density at radius 1 is 1.15 bits per heavy atom. The van der Waals surface area contributed by atoms with Crippen molar-refractivity contribution in [3.63, 3.8) is 0 Å². The van der Waals surface area contributed by atoms with E-state index in [2.05, 4.69) is 22.6 Å². The van der Waals surface area contributed by atoms with Gasteiger partial charge in [-0.15, -0.1) is 23.2 Å². The van der Waals surface area contributed by atoms with Gasteiger partial charge in [-0.1, -0.05) is 0 Å². The second-order valence-electron chi connectivity index (χ2n) is 4.36. The van der Waals surface area contributed by atoms with Crippen molar-refractivity contribution >= 4 is 63.2 Å². The van der Waals surface area contributed by atoms with E-state index in [-0.39, 0.29) is 0 Å². The molecule has 0 bridgehead atoms. The zero-order chi connectivity index (χ0) is 14.7. The molecule has 0 radical (unpaired) electrons. The first kappa shape index (κ1) is 16.0. The lowest BCUT2D eigenvalue weighted by Gasteiger charge is -2.26. The molecular weight excluding hydrogens is 414 g/mol. The van der Waals surface area contributed by atoms with Crippen molar-refractivity contribution in [3.8, 4) is 0 Å². The molecule has 0 spiro atoms. The number of rotatable bonds is 6. The summed E-state index contributed by atoms with van der Waals surface area (Å²) in [5, 5.41) is 0. The maximum atomic E-state index is 12.1. The number of anilines is 1. The Morgan fingerprint density at radius 2 is 1.80 bits per heavy atom. The van der Waals surface area contributed by atoms with E-state index in [1.165, 1.54) is 4.90 Å². The third-order valence-electron chi connectivity index (χ3n) is 3.08. The van der Waals surface area contributed by atoms with Gasteiger partial charge in [-0.25, -0.2) is 0 Å². The largest absolute Gasteiger partial charge is 0.300 e. The molecule has 1 heterocycles. The average molecular weight is 427 g/mol. The molecule has 2 rings (SSSR count). The molecule has 0 aromatic heterocycles. The number of alkyl halides is 2. The van der Waals surface area contributed by atoms with Crippen LogP contribution in [-0.4, -0.2) is 48.1 Å². The summed E-state index contributed by atoms with van der Waals surface area (Å²) in [6.45, 7) is 1.56. The van der Waals surface area contributed by atoms with E-state index in [0.717, 1.165) is 3.57 Å². The molecule has 0 atom stereocenters. The summed E-state index contributed by atoms with van der Waals surface area (Å²) >= 11 is 13.6. The molecule has 0 unspecified atom stereocenters. The lowest BCUT2D eigenvalue weighted by molar-refractivity contribution is -0.114. The lowest BCUT2D eigenvalue weighted by Crippen LogP contribution is -2.42. The van der Waals surface area contributed by atoms with Gasteiger partial charge < -0.3 is 0 Å². The zero-order valence-corrected chi connectivity index (χ0v) is 14.3. The van der Waals surface area contributed by atoms with Gasteiger partial charge in [-0.2, -0.15) is 0 Å². The van der Waals surface area contributed by atoms with E-state index in [0.29, 0.717) is 42.8 Å². The number of hydrogen-bond donors (Lipinski definition) is 0. The zero-order valence-electron chi connectivity index (χ0n) is 10.6. The number of carbonyl (C=O) groups is 2. The predicted molar refractivity (Wildman–Crippen MR) is 88.9 cm³/mol. The fourth-order valence-electron chi connectivity index (χ4n) is 2.11. The SMILES string of the molecule is O=C1C(=O)N(CN(CCCl)CCCl)c2ccc(I)cc21. The van der Waals surface area contributed by atoms with Crippen LogP contribution in [0.5, 0.6) is 0 Å². The first-order valence-corrected chi connectivity index (χ1v) is 8.23. The van der Waals surface area contributed by atoms with E-state index in [4.69, 9.17) is 23.2 Å². The van der Waals surface area contributed by atoms with E-state index >= 15 is 0 Å². The third-order valence-corrected chi connectivity index (χ3v) is 4.09. The number of amides is 1. The molecule has 0 saturated carbocycles. The number of fused-ring (bicyclic) bond motifs is 1. The quantitative estimate of drug-likeness (QED) is 0.398. The fraction of sp³-hybridized carbons (Fsp3) is 0.385. The number of nitrogens with zero attached hydrogens (tertiary/aromatic N) is 2. The average Bonchev–Trinajstić information content (AvgIpc) is 2.64. The van der Waals surface area contributed by atoms with E-state index < -0.39 is 11.7 Å². The summed E-state index contributed by atoms with van der Waals surface area (Å²) in [4.78, 5) is 27.5. The Bertz CT molecular complexity index is 533. The van der Waals surface area contributed by atoms with Gasteiger partial charge in [0.05, 0.1) is 17.9 Å². The van der Waals surface area contributed by atoms with Gasteiger partial charge in [0.2, 0.25) is 0 Å². The van der Waals surface area contributed by atoms with Crippen LogP contribution in [0.2, 0.25) is 0 Å². The van der Waals surface area contributed by atoms with Gasteiger partial charge in [0.1, 0.15) is 0 Å². The smallest absolute Gasteiger partial charge is 0.291 e. The van der Waals surface area contributed by atoms with Crippen LogP contribution in [0.15, 0.2) is 18.2 Å². The van der Waals surface area contributed by atoms with Crippen molar-refractivity contribution in [2.24, 2.45) is 0 Å². The molecule has 1 aromatic carbocycles. The number of Topliss-reactive ketones (excluding diaryl/α,β-unsaturated/α-hetero) is 1. The number of carbonyl (C=O) groups excluding carboxylic acids is 2. The summed E-state index contributed by atoms with van der Waals surface area (Å²) in [5.41, 5.74) is 1.13. The van der Waals surface area contributed by atoms with E-state index in [1.807, 2.05) is 11.0 Å². The summed E-state index contributed by atoms with van der Waals surface area (Å²) in [5.74, 6) is -0.0369. The van der Waals surface area contributed by atoms with Gasteiger partial charge in [-0.3, -0.25) is 19.4 Å². The van der Waals surface area contributed by atoms with Crippen LogP contribution in [0.3, 0.4) is 0 Å². The molecule has 0 saturated heterocycles. The summed E-state index contributed by atoms with van der Waals surface area (Å²) in [6.07, 6.45) is 0. The molecule has 0 fully saturated rings. The molecule has 20 heavy (non-hydrogen) atoms. The highest BCUT2D eigenvalue weighted by Gasteiger charge is 2.36. The minimum Gasteiger partial charge on any atom is -0.291 e. The van der Waals surface area contributed by atoms with Crippen molar-refractivity contribution in [3.05, 3.63) is 27.3 Å². The monoisotopic (exact) mass is 426 g/mol. The Hall–Kier alpha value is -0.370. The van der Waals surface area contributed by atoms with Crippen molar-refractivity contribution in [1.82, 2.24) is 4.90 Å². The Labute approximate surface area is 141 Å². The van der Waals surface area contributed by atoms with Crippen molar-refractivity contribution in [2.45, 2.75) is 0 Å². The van der Waals surface area contributed by atoms with Crippen LogP contribution in [0.1, 0.15) is 10.4 Å². The number of ketones is 1. The summed E-state index contributed by atoms with van der Waals surface area (Å²) < 4.78 is 0.933. The molecule has 1 aliphatic heterocycles. The second kappa shape index (κ2) is 7.06. The first-order valence-electron chi connectivity index (χ1n) is 6.08. The highest BCUT2D eigenvalue weighted by Crippen LogP contribution is 2.30. The standard InChI is InChI=1S/C13H13Cl2IN2O2/c14-3-5-17(6-4-15)8-18-11-2-1-9(16)7-10(11)12(19)13(18)20/h1-2,7H,3-6,8H2. The van der Waals surface area contributed by atoms with E-state index in [9.17, 15) is 9.59 Å². The molecule has 1 aromatic rings. The van der Waals surface area contributed by atoms with Gasteiger partial charge >= 0.3 is 5.91 Å². The highest BCUT2D eigenvalue weighted by atomic mass is 127. The topological polar surface area (TPSA) is 40.6 Å².